The molecule has 3 rings (SSSR count). The molecule has 2 atom stereocenters. The second-order valence-corrected chi connectivity index (χ2v) is 5.12. The van der Waals surface area contributed by atoms with Gasteiger partial charge in [-0.3, -0.25) is 0 Å². The molecule has 2 heterocycles. The maximum atomic E-state index is 13.1. The molecule has 1 aromatic heterocycles. The maximum Gasteiger partial charge on any atom is 0.243 e. The van der Waals surface area contributed by atoms with Crippen LogP contribution in [0.3, 0.4) is 0 Å². The van der Waals surface area contributed by atoms with Gasteiger partial charge in [0.05, 0.1) is 6.04 Å². The molecule has 0 bridgehead atoms. The molecule has 1 aliphatic heterocycles. The fourth-order valence-electron chi connectivity index (χ4n) is 2.80. The third-order valence-electron chi connectivity index (χ3n) is 3.80. The first-order valence-electron chi connectivity index (χ1n) is 6.54. The van der Waals surface area contributed by atoms with Gasteiger partial charge in [0.1, 0.15) is 6.17 Å². The van der Waals surface area contributed by atoms with Gasteiger partial charge >= 0.3 is 0 Å². The van der Waals surface area contributed by atoms with Crippen LogP contribution in [0, 0.1) is 0 Å². The Kier molecular flexibility index (Phi) is 3.09. The summed E-state index contributed by atoms with van der Waals surface area (Å²) in [5, 5.41) is 7.13. The Labute approximate surface area is 100.0 Å². The molecule has 94 valence electrons. The molecular formula is C12H18FN3O. The molecule has 17 heavy (non-hydrogen) atoms. The zero-order valence-corrected chi connectivity index (χ0v) is 9.86. The summed E-state index contributed by atoms with van der Waals surface area (Å²) in [6.45, 7) is 0.395. The van der Waals surface area contributed by atoms with E-state index in [2.05, 4.69) is 15.5 Å². The molecule has 1 N–H and O–H groups in total. The summed E-state index contributed by atoms with van der Waals surface area (Å²) in [7, 11) is 0. The summed E-state index contributed by atoms with van der Waals surface area (Å²) in [5.74, 6) is 1.83. The molecular weight excluding hydrogens is 221 g/mol. The molecule has 0 radical (unpaired) electrons. The van der Waals surface area contributed by atoms with Crippen LogP contribution in [0.15, 0.2) is 4.52 Å². The summed E-state index contributed by atoms with van der Waals surface area (Å²) < 4.78 is 18.3. The highest BCUT2D eigenvalue weighted by Gasteiger charge is 2.30. The smallest absolute Gasteiger partial charge is 0.243 e. The lowest BCUT2D eigenvalue weighted by atomic mass is 9.89. The quantitative estimate of drug-likeness (QED) is 0.861. The van der Waals surface area contributed by atoms with Gasteiger partial charge < -0.3 is 9.84 Å². The van der Waals surface area contributed by atoms with Gasteiger partial charge in [-0.2, -0.15) is 4.98 Å². The second-order valence-electron chi connectivity index (χ2n) is 5.12. The summed E-state index contributed by atoms with van der Waals surface area (Å²) in [5.41, 5.74) is 0. The van der Waals surface area contributed by atoms with Crippen molar-refractivity contribution in [2.75, 3.05) is 6.54 Å². The second kappa shape index (κ2) is 4.72. The van der Waals surface area contributed by atoms with Gasteiger partial charge in [-0.1, -0.05) is 24.4 Å². The van der Waals surface area contributed by atoms with Crippen LogP contribution < -0.4 is 5.32 Å². The van der Waals surface area contributed by atoms with Crippen molar-refractivity contribution < 1.29 is 8.91 Å². The molecule has 1 aliphatic carbocycles. The molecule has 0 aromatic carbocycles. The Morgan fingerprint density at radius 2 is 2.06 bits per heavy atom. The molecule has 0 unspecified atom stereocenters. The predicted octanol–water partition coefficient (Wildman–Crippen LogP) is 2.49. The standard InChI is InChI=1S/C12H18FN3O/c13-9-6-10(14-7-9)12-15-11(16-17-12)8-4-2-1-3-5-8/h8-10,14H,1-7H2/t9-,10-/m0/s1. The van der Waals surface area contributed by atoms with E-state index >= 15 is 0 Å². The summed E-state index contributed by atoms with van der Waals surface area (Å²) >= 11 is 0. The molecule has 2 aliphatic rings. The SMILES string of the molecule is F[C@@H]1CN[C@H](c2nc(C3CCCCC3)no2)C1. The third-order valence-corrected chi connectivity index (χ3v) is 3.80. The Morgan fingerprint density at radius 3 is 2.76 bits per heavy atom. The van der Waals surface area contributed by atoms with Gasteiger partial charge in [-0.05, 0) is 12.8 Å². The number of nitrogens with zero attached hydrogens (tertiary/aromatic N) is 2. The van der Waals surface area contributed by atoms with Crippen molar-refractivity contribution in [3.63, 3.8) is 0 Å². The van der Waals surface area contributed by atoms with E-state index in [4.69, 9.17) is 4.52 Å². The van der Waals surface area contributed by atoms with Crippen molar-refractivity contribution in [1.29, 1.82) is 0 Å². The van der Waals surface area contributed by atoms with E-state index in [0.717, 1.165) is 18.7 Å². The zero-order valence-electron chi connectivity index (χ0n) is 9.86. The number of rotatable bonds is 2. The minimum atomic E-state index is -0.787. The van der Waals surface area contributed by atoms with E-state index < -0.39 is 6.17 Å². The first kappa shape index (κ1) is 11.1. The number of alkyl halides is 1. The van der Waals surface area contributed by atoms with Crippen LogP contribution in [0.25, 0.3) is 0 Å². The molecule has 0 spiro atoms. The molecule has 1 saturated heterocycles. The summed E-state index contributed by atoms with van der Waals surface area (Å²) in [4.78, 5) is 4.44. The van der Waals surface area contributed by atoms with Crippen LogP contribution in [0.5, 0.6) is 0 Å². The minimum absolute atomic E-state index is 0.0881. The molecule has 1 saturated carbocycles. The lowest BCUT2D eigenvalue weighted by Gasteiger charge is -2.17. The third kappa shape index (κ3) is 2.34. The fourth-order valence-corrected chi connectivity index (χ4v) is 2.80. The Bertz CT molecular complexity index is 356. The average Bonchev–Trinajstić information content (AvgIpc) is 2.98. The van der Waals surface area contributed by atoms with Gasteiger partial charge in [-0.15, -0.1) is 0 Å². The highest BCUT2D eigenvalue weighted by Crippen LogP contribution is 2.32. The van der Waals surface area contributed by atoms with E-state index in [0.29, 0.717) is 24.8 Å². The van der Waals surface area contributed by atoms with Crippen LogP contribution >= 0.6 is 0 Å². The first-order valence-corrected chi connectivity index (χ1v) is 6.54. The Morgan fingerprint density at radius 1 is 1.24 bits per heavy atom. The van der Waals surface area contributed by atoms with E-state index in [9.17, 15) is 4.39 Å². The maximum absolute atomic E-state index is 13.1. The average molecular weight is 239 g/mol. The number of hydrogen-bond donors (Lipinski definition) is 1. The molecule has 0 amide bonds. The number of hydrogen-bond acceptors (Lipinski definition) is 4. The van der Waals surface area contributed by atoms with E-state index in [1.165, 1.54) is 19.3 Å². The number of halogens is 1. The minimum Gasteiger partial charge on any atom is -0.338 e. The van der Waals surface area contributed by atoms with Gasteiger partial charge in [0.25, 0.3) is 0 Å². The van der Waals surface area contributed by atoms with Gasteiger partial charge in [0.2, 0.25) is 5.89 Å². The number of nitrogens with one attached hydrogen (secondary N) is 1. The van der Waals surface area contributed by atoms with Crippen LogP contribution in [-0.4, -0.2) is 22.9 Å². The van der Waals surface area contributed by atoms with Crippen molar-refractivity contribution in [2.45, 2.75) is 56.7 Å². The molecule has 5 heteroatoms. The molecule has 4 nitrogen and oxygen atoms in total. The van der Waals surface area contributed by atoms with Crippen molar-refractivity contribution in [1.82, 2.24) is 15.5 Å². The Hall–Kier alpha value is -0.970. The van der Waals surface area contributed by atoms with Crippen molar-refractivity contribution in [3.8, 4) is 0 Å². The largest absolute Gasteiger partial charge is 0.338 e. The van der Waals surface area contributed by atoms with Gasteiger partial charge in [0, 0.05) is 18.9 Å². The topological polar surface area (TPSA) is 51.0 Å². The predicted molar refractivity (Wildman–Crippen MR) is 60.4 cm³/mol. The molecule has 1 aromatic rings. The van der Waals surface area contributed by atoms with Crippen molar-refractivity contribution in [2.24, 2.45) is 0 Å². The van der Waals surface area contributed by atoms with Gasteiger partial charge in [-0.25, -0.2) is 4.39 Å². The lowest BCUT2D eigenvalue weighted by Crippen LogP contribution is -2.14. The monoisotopic (exact) mass is 239 g/mol. The lowest BCUT2D eigenvalue weighted by molar-refractivity contribution is 0.319. The Balaban J connectivity index is 1.69. The van der Waals surface area contributed by atoms with Crippen LogP contribution in [0.4, 0.5) is 4.39 Å². The fraction of sp³-hybridized carbons (Fsp3) is 0.833. The normalized spacial score (nSPS) is 30.9. The summed E-state index contributed by atoms with van der Waals surface area (Å²) in [6.07, 6.45) is 5.79. The van der Waals surface area contributed by atoms with Crippen molar-refractivity contribution >= 4 is 0 Å². The van der Waals surface area contributed by atoms with E-state index in [1.807, 2.05) is 0 Å². The first-order chi connectivity index (χ1) is 8.33. The van der Waals surface area contributed by atoms with Crippen LogP contribution in [0.2, 0.25) is 0 Å². The van der Waals surface area contributed by atoms with Crippen LogP contribution in [0.1, 0.15) is 62.2 Å². The number of aromatic nitrogens is 2. The zero-order chi connectivity index (χ0) is 11.7. The molecule has 2 fully saturated rings. The highest BCUT2D eigenvalue weighted by molar-refractivity contribution is 5.01. The van der Waals surface area contributed by atoms with Crippen LogP contribution in [-0.2, 0) is 0 Å². The van der Waals surface area contributed by atoms with E-state index in [1.54, 1.807) is 0 Å². The highest BCUT2D eigenvalue weighted by atomic mass is 19.1. The summed E-state index contributed by atoms with van der Waals surface area (Å²) in [6, 6.07) is -0.0881. The van der Waals surface area contributed by atoms with Crippen molar-refractivity contribution in [3.05, 3.63) is 11.7 Å². The van der Waals surface area contributed by atoms with Gasteiger partial charge in [0.15, 0.2) is 5.82 Å². The van der Waals surface area contributed by atoms with E-state index in [-0.39, 0.29) is 6.04 Å².